The van der Waals surface area contributed by atoms with Crippen LogP contribution in [-0.2, 0) is 4.84 Å². The Balaban J connectivity index is 2.50. The van der Waals surface area contributed by atoms with Gasteiger partial charge in [-0.15, -0.1) is 6.42 Å². The van der Waals surface area contributed by atoms with Crippen molar-refractivity contribution >= 4 is 22.1 Å². The van der Waals surface area contributed by atoms with E-state index >= 15 is 0 Å². The van der Waals surface area contributed by atoms with E-state index in [9.17, 15) is 0 Å². The molecule has 0 radical (unpaired) electrons. The number of nitrogens with zero attached hydrogens (tertiary/aromatic N) is 1. The minimum Gasteiger partial charge on any atom is -0.383 e. The topological polar surface area (TPSA) is 21.6 Å². The third-order valence-electron chi connectivity index (χ3n) is 1.29. The number of rotatable bonds is 3. The van der Waals surface area contributed by atoms with Crippen molar-refractivity contribution in [2.45, 2.75) is 0 Å². The monoisotopic (exact) mass is 237 g/mol. The zero-order chi connectivity index (χ0) is 9.52. The number of hydrogen-bond acceptors (Lipinski definition) is 2. The van der Waals surface area contributed by atoms with Gasteiger partial charge in [-0.1, -0.05) is 39.1 Å². The molecule has 0 heterocycles. The largest absolute Gasteiger partial charge is 0.383 e. The molecule has 1 aromatic carbocycles. The molecule has 2 nitrogen and oxygen atoms in total. The summed E-state index contributed by atoms with van der Waals surface area (Å²) in [6.45, 7) is 0.201. The van der Waals surface area contributed by atoms with Gasteiger partial charge in [0, 0.05) is 4.47 Å². The number of terminal acetylenes is 1. The van der Waals surface area contributed by atoms with E-state index < -0.39 is 0 Å². The minimum absolute atomic E-state index is 0.201. The molecular formula is C10H8BrNO. The second kappa shape index (κ2) is 5.39. The lowest BCUT2D eigenvalue weighted by molar-refractivity contribution is 0.181. The molecule has 0 unspecified atom stereocenters. The van der Waals surface area contributed by atoms with Crippen molar-refractivity contribution in [3.8, 4) is 12.3 Å². The summed E-state index contributed by atoms with van der Waals surface area (Å²) in [6.07, 6.45) is 6.59. The maximum atomic E-state index is 4.97. The Hall–Kier alpha value is -1.27. The highest BCUT2D eigenvalue weighted by Gasteiger charge is 1.87. The zero-order valence-corrected chi connectivity index (χ0v) is 8.49. The molecule has 66 valence electrons. The number of oxime groups is 1. The van der Waals surface area contributed by atoms with Gasteiger partial charge in [0.15, 0.2) is 6.61 Å². The van der Waals surface area contributed by atoms with Gasteiger partial charge >= 0.3 is 0 Å². The van der Waals surface area contributed by atoms with E-state index in [1.807, 2.05) is 24.3 Å². The van der Waals surface area contributed by atoms with E-state index in [4.69, 9.17) is 11.3 Å². The third-order valence-corrected chi connectivity index (χ3v) is 1.82. The van der Waals surface area contributed by atoms with Gasteiger partial charge in [0.25, 0.3) is 0 Å². The summed E-state index contributed by atoms with van der Waals surface area (Å²) in [7, 11) is 0. The first-order chi connectivity index (χ1) is 6.33. The molecule has 0 spiro atoms. The standard InChI is InChI=1S/C10H8BrNO/c1-2-7-13-12-8-9-3-5-10(11)6-4-9/h1,3-6,8H,7H2. The average molecular weight is 238 g/mol. The Kier molecular flexibility index (Phi) is 4.07. The van der Waals surface area contributed by atoms with Crippen LogP contribution in [0.15, 0.2) is 33.9 Å². The van der Waals surface area contributed by atoms with Crippen molar-refractivity contribution in [1.29, 1.82) is 0 Å². The van der Waals surface area contributed by atoms with E-state index in [1.165, 1.54) is 0 Å². The average Bonchev–Trinajstić information content (AvgIpc) is 2.15. The SMILES string of the molecule is C#CCON=Cc1ccc(Br)cc1. The van der Waals surface area contributed by atoms with E-state index in [-0.39, 0.29) is 6.61 Å². The Labute approximate surface area is 85.7 Å². The molecular weight excluding hydrogens is 230 g/mol. The maximum absolute atomic E-state index is 4.97. The molecule has 0 aromatic heterocycles. The second-order valence-corrected chi connectivity index (χ2v) is 3.18. The molecule has 0 N–H and O–H groups in total. The van der Waals surface area contributed by atoms with Crippen LogP contribution in [0.4, 0.5) is 0 Å². The first-order valence-corrected chi connectivity index (χ1v) is 4.46. The summed E-state index contributed by atoms with van der Waals surface area (Å²) in [6, 6.07) is 7.71. The fourth-order valence-electron chi connectivity index (χ4n) is 0.722. The molecule has 0 atom stereocenters. The fourth-order valence-corrected chi connectivity index (χ4v) is 0.986. The molecule has 0 aliphatic rings. The zero-order valence-electron chi connectivity index (χ0n) is 6.90. The van der Waals surface area contributed by atoms with Gasteiger partial charge in [0.05, 0.1) is 6.21 Å². The highest BCUT2D eigenvalue weighted by atomic mass is 79.9. The quantitative estimate of drug-likeness (QED) is 0.343. The predicted molar refractivity (Wildman–Crippen MR) is 56.5 cm³/mol. The van der Waals surface area contributed by atoms with Crippen molar-refractivity contribution in [3.63, 3.8) is 0 Å². The normalized spacial score (nSPS) is 9.85. The van der Waals surface area contributed by atoms with Crippen LogP contribution in [0.2, 0.25) is 0 Å². The van der Waals surface area contributed by atoms with Gasteiger partial charge in [-0.25, -0.2) is 0 Å². The smallest absolute Gasteiger partial charge is 0.177 e. The summed E-state index contributed by atoms with van der Waals surface area (Å²) in [5.41, 5.74) is 0.972. The Morgan fingerprint density at radius 1 is 1.46 bits per heavy atom. The van der Waals surface area contributed by atoms with E-state index in [2.05, 4.69) is 27.0 Å². The van der Waals surface area contributed by atoms with E-state index in [1.54, 1.807) is 6.21 Å². The van der Waals surface area contributed by atoms with Crippen molar-refractivity contribution < 1.29 is 4.84 Å². The fraction of sp³-hybridized carbons (Fsp3) is 0.100. The van der Waals surface area contributed by atoms with Crippen LogP contribution >= 0.6 is 15.9 Å². The van der Waals surface area contributed by atoms with E-state index in [0.29, 0.717) is 0 Å². The molecule has 13 heavy (non-hydrogen) atoms. The number of hydrogen-bond donors (Lipinski definition) is 0. The van der Waals surface area contributed by atoms with Crippen LogP contribution in [0.5, 0.6) is 0 Å². The summed E-state index contributed by atoms with van der Waals surface area (Å²) in [5.74, 6) is 2.32. The summed E-state index contributed by atoms with van der Waals surface area (Å²) in [4.78, 5) is 4.74. The van der Waals surface area contributed by atoms with Crippen LogP contribution in [0.1, 0.15) is 5.56 Å². The molecule has 0 saturated heterocycles. The predicted octanol–water partition coefficient (Wildman–Crippen LogP) is 2.43. The lowest BCUT2D eigenvalue weighted by Crippen LogP contribution is -1.84. The lowest BCUT2D eigenvalue weighted by Gasteiger charge is -1.93. The number of halogens is 1. The van der Waals surface area contributed by atoms with Crippen molar-refractivity contribution in [3.05, 3.63) is 34.3 Å². The van der Waals surface area contributed by atoms with Gasteiger partial charge in [0.1, 0.15) is 0 Å². The molecule has 0 bridgehead atoms. The third kappa shape index (κ3) is 3.77. The first-order valence-electron chi connectivity index (χ1n) is 3.67. The lowest BCUT2D eigenvalue weighted by atomic mass is 10.2. The molecule has 0 fully saturated rings. The highest BCUT2D eigenvalue weighted by molar-refractivity contribution is 9.10. The van der Waals surface area contributed by atoms with Gasteiger partial charge in [-0.2, -0.15) is 0 Å². The first kappa shape index (κ1) is 9.82. The Morgan fingerprint density at radius 3 is 2.77 bits per heavy atom. The molecule has 1 aromatic rings. The summed E-state index contributed by atoms with van der Waals surface area (Å²) in [5, 5.41) is 3.68. The van der Waals surface area contributed by atoms with Gasteiger partial charge in [-0.3, -0.25) is 0 Å². The number of benzene rings is 1. The molecule has 0 aliphatic heterocycles. The highest BCUT2D eigenvalue weighted by Crippen LogP contribution is 2.08. The van der Waals surface area contributed by atoms with Gasteiger partial charge in [-0.05, 0) is 17.7 Å². The molecule has 0 amide bonds. The van der Waals surface area contributed by atoms with Crippen LogP contribution < -0.4 is 0 Å². The summed E-state index contributed by atoms with van der Waals surface area (Å²) < 4.78 is 1.04. The Bertz CT molecular complexity index is 324. The van der Waals surface area contributed by atoms with Crippen LogP contribution in [0.3, 0.4) is 0 Å². The molecule has 0 aliphatic carbocycles. The van der Waals surface area contributed by atoms with Crippen LogP contribution in [0, 0.1) is 12.3 Å². The second-order valence-electron chi connectivity index (χ2n) is 2.26. The van der Waals surface area contributed by atoms with E-state index in [0.717, 1.165) is 10.0 Å². The molecule has 3 heteroatoms. The summed E-state index contributed by atoms with van der Waals surface area (Å²) >= 11 is 3.34. The van der Waals surface area contributed by atoms with Gasteiger partial charge in [0.2, 0.25) is 0 Å². The van der Waals surface area contributed by atoms with Crippen molar-refractivity contribution in [2.24, 2.45) is 5.16 Å². The molecule has 1 rings (SSSR count). The van der Waals surface area contributed by atoms with Crippen LogP contribution in [0.25, 0.3) is 0 Å². The maximum Gasteiger partial charge on any atom is 0.177 e. The Morgan fingerprint density at radius 2 is 2.15 bits per heavy atom. The van der Waals surface area contributed by atoms with Crippen molar-refractivity contribution in [1.82, 2.24) is 0 Å². The minimum atomic E-state index is 0.201. The van der Waals surface area contributed by atoms with Gasteiger partial charge < -0.3 is 4.84 Å². The van der Waals surface area contributed by atoms with Crippen molar-refractivity contribution in [2.75, 3.05) is 6.61 Å². The molecule has 0 saturated carbocycles. The van der Waals surface area contributed by atoms with Crippen LogP contribution in [-0.4, -0.2) is 12.8 Å².